The Hall–Kier alpha value is -2.33. The van der Waals surface area contributed by atoms with Crippen molar-refractivity contribution in [2.24, 2.45) is 0 Å². The van der Waals surface area contributed by atoms with Gasteiger partial charge in [0.15, 0.2) is 0 Å². The van der Waals surface area contributed by atoms with E-state index in [1.54, 1.807) is 6.07 Å². The van der Waals surface area contributed by atoms with Gasteiger partial charge in [-0.05, 0) is 49.4 Å². The van der Waals surface area contributed by atoms with Crippen LogP contribution in [0, 0.1) is 6.92 Å². The molecule has 0 aliphatic carbocycles. The topological polar surface area (TPSA) is 66.6 Å². The number of nitrogens with two attached hydrogens (primary N) is 1. The van der Waals surface area contributed by atoms with E-state index >= 15 is 0 Å². The van der Waals surface area contributed by atoms with Crippen LogP contribution >= 0.6 is 0 Å². The number of hydrogen-bond acceptors (Lipinski definition) is 3. The number of carbonyl (C=O) groups is 1. The first-order chi connectivity index (χ1) is 11.6. The normalized spacial score (nSPS) is 18.6. The Bertz CT molecular complexity index is 715. The van der Waals surface area contributed by atoms with Crippen molar-refractivity contribution in [3.8, 4) is 0 Å². The van der Waals surface area contributed by atoms with Crippen molar-refractivity contribution in [3.05, 3.63) is 65.2 Å². The maximum atomic E-state index is 12.9. The molecule has 2 aromatic rings. The Balaban J connectivity index is 1.75. The molecule has 1 saturated heterocycles. The summed E-state index contributed by atoms with van der Waals surface area (Å²) >= 11 is 0. The lowest BCUT2D eigenvalue weighted by Crippen LogP contribution is -2.36. The molecule has 2 aromatic carbocycles. The van der Waals surface area contributed by atoms with E-state index in [0.29, 0.717) is 17.7 Å². The third-order valence-corrected chi connectivity index (χ3v) is 4.81. The average Bonchev–Trinajstić information content (AvgIpc) is 3.05. The molecule has 1 aliphatic rings. The number of aliphatic hydroxyl groups is 1. The van der Waals surface area contributed by atoms with Crippen LogP contribution in [0.4, 0.5) is 5.69 Å². The number of amides is 1. The van der Waals surface area contributed by atoms with Gasteiger partial charge >= 0.3 is 0 Å². The number of rotatable bonds is 4. The highest BCUT2D eigenvalue weighted by Crippen LogP contribution is 2.29. The largest absolute Gasteiger partial charge is 0.399 e. The minimum atomic E-state index is -0.550. The van der Waals surface area contributed by atoms with Crippen LogP contribution in [0.15, 0.2) is 48.5 Å². The summed E-state index contributed by atoms with van der Waals surface area (Å²) in [4.78, 5) is 14.8. The molecule has 1 fully saturated rings. The Morgan fingerprint density at radius 2 is 2.04 bits per heavy atom. The van der Waals surface area contributed by atoms with Crippen LogP contribution in [-0.2, 0) is 0 Å². The highest BCUT2D eigenvalue weighted by atomic mass is 16.3. The van der Waals surface area contributed by atoms with Gasteiger partial charge in [-0.25, -0.2) is 0 Å². The van der Waals surface area contributed by atoms with E-state index in [1.165, 1.54) is 0 Å². The molecule has 126 valence electrons. The fraction of sp³-hybridized carbons (Fsp3) is 0.350. The molecule has 0 saturated carbocycles. The zero-order valence-corrected chi connectivity index (χ0v) is 14.0. The minimum absolute atomic E-state index is 0.0163. The van der Waals surface area contributed by atoms with Gasteiger partial charge in [0.25, 0.3) is 5.91 Å². The summed E-state index contributed by atoms with van der Waals surface area (Å²) in [6.45, 7) is 2.66. The molecule has 24 heavy (non-hydrogen) atoms. The van der Waals surface area contributed by atoms with Crippen molar-refractivity contribution >= 4 is 11.6 Å². The first-order valence-electron chi connectivity index (χ1n) is 8.46. The maximum absolute atomic E-state index is 12.9. The van der Waals surface area contributed by atoms with Crippen molar-refractivity contribution < 1.29 is 9.90 Å². The monoisotopic (exact) mass is 324 g/mol. The lowest BCUT2D eigenvalue weighted by atomic mass is 9.99. The highest BCUT2D eigenvalue weighted by Gasteiger charge is 2.31. The van der Waals surface area contributed by atoms with E-state index in [9.17, 15) is 9.90 Å². The molecule has 0 bridgehead atoms. The Morgan fingerprint density at radius 1 is 1.29 bits per heavy atom. The van der Waals surface area contributed by atoms with Crippen molar-refractivity contribution in [2.45, 2.75) is 38.3 Å². The molecule has 4 heteroatoms. The number of likely N-dealkylation sites (tertiary alicyclic amines) is 1. The van der Waals surface area contributed by atoms with E-state index in [-0.39, 0.29) is 11.9 Å². The summed E-state index contributed by atoms with van der Waals surface area (Å²) in [6, 6.07) is 15.1. The first-order valence-corrected chi connectivity index (χ1v) is 8.46. The summed E-state index contributed by atoms with van der Waals surface area (Å²) in [5.41, 5.74) is 8.94. The zero-order chi connectivity index (χ0) is 17.1. The van der Waals surface area contributed by atoms with Crippen LogP contribution in [-0.4, -0.2) is 28.5 Å². The molecule has 1 aliphatic heterocycles. The van der Waals surface area contributed by atoms with Gasteiger partial charge in [-0.3, -0.25) is 4.79 Å². The van der Waals surface area contributed by atoms with E-state index < -0.39 is 6.10 Å². The van der Waals surface area contributed by atoms with Gasteiger partial charge in [0.05, 0.1) is 6.10 Å². The second-order valence-electron chi connectivity index (χ2n) is 6.53. The first kappa shape index (κ1) is 16.5. The number of aliphatic hydroxyl groups excluding tert-OH is 1. The van der Waals surface area contributed by atoms with Gasteiger partial charge in [-0.2, -0.15) is 0 Å². The second-order valence-corrected chi connectivity index (χ2v) is 6.53. The quantitative estimate of drug-likeness (QED) is 0.848. The molecule has 3 rings (SSSR count). The summed E-state index contributed by atoms with van der Waals surface area (Å²) in [5, 5.41) is 10.5. The van der Waals surface area contributed by atoms with Crippen LogP contribution < -0.4 is 5.73 Å². The van der Waals surface area contributed by atoms with Gasteiger partial charge in [0.1, 0.15) is 0 Å². The van der Waals surface area contributed by atoms with E-state index in [4.69, 9.17) is 5.73 Å². The van der Waals surface area contributed by atoms with Crippen LogP contribution in [0.3, 0.4) is 0 Å². The fourth-order valence-corrected chi connectivity index (χ4v) is 3.44. The highest BCUT2D eigenvalue weighted by molar-refractivity contribution is 5.96. The van der Waals surface area contributed by atoms with Gasteiger partial charge in [-0.15, -0.1) is 0 Å². The van der Waals surface area contributed by atoms with Gasteiger partial charge in [0.2, 0.25) is 0 Å². The third kappa shape index (κ3) is 3.44. The number of aryl methyl sites for hydroxylation is 1. The van der Waals surface area contributed by atoms with Crippen molar-refractivity contribution in [1.82, 2.24) is 4.90 Å². The summed E-state index contributed by atoms with van der Waals surface area (Å²) in [5.74, 6) is 0.0163. The predicted molar refractivity (Wildman–Crippen MR) is 95.7 cm³/mol. The lowest BCUT2D eigenvalue weighted by molar-refractivity contribution is 0.0666. The molecular weight excluding hydrogens is 300 g/mol. The SMILES string of the molecule is Cc1ccc(N)cc1C(=O)N1CCCC1CC(O)c1ccccc1. The molecule has 0 radical (unpaired) electrons. The van der Waals surface area contributed by atoms with Crippen LogP contribution in [0.5, 0.6) is 0 Å². The molecule has 1 heterocycles. The molecule has 4 nitrogen and oxygen atoms in total. The molecule has 0 spiro atoms. The third-order valence-electron chi connectivity index (χ3n) is 4.81. The Labute approximate surface area is 142 Å². The molecule has 3 N–H and O–H groups in total. The van der Waals surface area contributed by atoms with E-state index in [0.717, 1.165) is 30.5 Å². The fourth-order valence-electron chi connectivity index (χ4n) is 3.44. The smallest absolute Gasteiger partial charge is 0.254 e. The standard InChI is InChI=1S/C20H24N2O2/c1-14-9-10-16(21)12-18(14)20(24)22-11-5-8-17(22)13-19(23)15-6-3-2-4-7-15/h2-4,6-7,9-10,12,17,19,23H,5,8,11,13,21H2,1H3. The van der Waals surface area contributed by atoms with Gasteiger partial charge in [0, 0.05) is 23.8 Å². The number of hydrogen-bond donors (Lipinski definition) is 2. The van der Waals surface area contributed by atoms with Crippen molar-refractivity contribution in [2.75, 3.05) is 12.3 Å². The molecule has 1 amide bonds. The lowest BCUT2D eigenvalue weighted by Gasteiger charge is -2.27. The summed E-state index contributed by atoms with van der Waals surface area (Å²) in [6.07, 6.45) is 1.92. The van der Waals surface area contributed by atoms with Crippen molar-refractivity contribution in [1.29, 1.82) is 0 Å². The Morgan fingerprint density at radius 3 is 2.79 bits per heavy atom. The van der Waals surface area contributed by atoms with Crippen LogP contribution in [0.1, 0.15) is 46.9 Å². The summed E-state index contributed by atoms with van der Waals surface area (Å²) < 4.78 is 0. The van der Waals surface area contributed by atoms with Gasteiger partial charge < -0.3 is 15.7 Å². The second kappa shape index (κ2) is 7.05. The van der Waals surface area contributed by atoms with Crippen LogP contribution in [0.25, 0.3) is 0 Å². The van der Waals surface area contributed by atoms with Crippen molar-refractivity contribution in [3.63, 3.8) is 0 Å². The molecule has 2 unspecified atom stereocenters. The molecule has 0 aromatic heterocycles. The Kier molecular flexibility index (Phi) is 4.86. The number of anilines is 1. The number of nitrogen functional groups attached to an aromatic ring is 1. The number of nitrogens with zero attached hydrogens (tertiary/aromatic N) is 1. The summed E-state index contributed by atoms with van der Waals surface area (Å²) in [7, 11) is 0. The molecular formula is C20H24N2O2. The maximum Gasteiger partial charge on any atom is 0.254 e. The minimum Gasteiger partial charge on any atom is -0.399 e. The van der Waals surface area contributed by atoms with E-state index in [1.807, 2.05) is 54.3 Å². The zero-order valence-electron chi connectivity index (χ0n) is 14.0. The van der Waals surface area contributed by atoms with E-state index in [2.05, 4.69) is 0 Å². The molecule has 2 atom stereocenters. The number of carbonyl (C=O) groups excluding carboxylic acids is 1. The predicted octanol–water partition coefficient (Wildman–Crippen LogP) is 3.31. The van der Waals surface area contributed by atoms with Gasteiger partial charge in [-0.1, -0.05) is 36.4 Å². The van der Waals surface area contributed by atoms with Crippen LogP contribution in [0.2, 0.25) is 0 Å². The number of benzene rings is 2. The average molecular weight is 324 g/mol.